The Labute approximate surface area is 267 Å². The second kappa shape index (κ2) is 15.2. The fourth-order valence-corrected chi connectivity index (χ4v) is 6.58. The van der Waals surface area contributed by atoms with Crippen LogP contribution in [-0.4, -0.2) is 44.3 Å². The fraction of sp³-hybridized carbons (Fsp3) is 0.212. The maximum Gasteiger partial charge on any atom is 0.264 e. The van der Waals surface area contributed by atoms with Gasteiger partial charge in [-0.3, -0.25) is 13.9 Å². The van der Waals surface area contributed by atoms with Crippen LogP contribution in [0, 0.1) is 5.82 Å². The van der Waals surface area contributed by atoms with Gasteiger partial charge in [-0.1, -0.05) is 84.7 Å². The van der Waals surface area contributed by atoms with Gasteiger partial charge in [0.2, 0.25) is 11.8 Å². The predicted molar refractivity (Wildman–Crippen MR) is 172 cm³/mol. The summed E-state index contributed by atoms with van der Waals surface area (Å²) in [6, 6.07) is 25.5. The first-order chi connectivity index (χ1) is 21.1. The van der Waals surface area contributed by atoms with E-state index in [-0.39, 0.29) is 33.6 Å². The molecule has 0 aliphatic rings. The maximum absolute atomic E-state index is 14.4. The molecule has 0 heterocycles. The van der Waals surface area contributed by atoms with Gasteiger partial charge in [0, 0.05) is 35.1 Å². The summed E-state index contributed by atoms with van der Waals surface area (Å²) in [7, 11) is -4.29. The van der Waals surface area contributed by atoms with E-state index in [4.69, 9.17) is 23.2 Å². The Morgan fingerprint density at radius 3 is 2.02 bits per heavy atom. The Balaban J connectivity index is 1.82. The summed E-state index contributed by atoms with van der Waals surface area (Å²) in [5.74, 6) is -1.66. The second-order valence-corrected chi connectivity index (χ2v) is 12.7. The van der Waals surface area contributed by atoms with Gasteiger partial charge in [0.1, 0.15) is 18.4 Å². The number of hydrogen-bond acceptors (Lipinski definition) is 4. The molecule has 0 saturated carbocycles. The number of nitrogens with one attached hydrogen (secondary N) is 1. The van der Waals surface area contributed by atoms with Crippen molar-refractivity contribution in [1.82, 2.24) is 10.2 Å². The highest BCUT2D eigenvalue weighted by atomic mass is 35.5. The van der Waals surface area contributed by atoms with Crippen molar-refractivity contribution in [3.63, 3.8) is 0 Å². The molecule has 7 nitrogen and oxygen atoms in total. The molecule has 0 bridgehead atoms. The highest BCUT2D eigenvalue weighted by molar-refractivity contribution is 7.92. The zero-order chi connectivity index (χ0) is 31.7. The molecule has 1 N–H and O–H groups in total. The fourth-order valence-electron chi connectivity index (χ4n) is 4.63. The van der Waals surface area contributed by atoms with Gasteiger partial charge in [0.05, 0.1) is 10.6 Å². The van der Waals surface area contributed by atoms with Crippen molar-refractivity contribution in [1.29, 1.82) is 0 Å². The summed E-state index contributed by atoms with van der Waals surface area (Å²) in [6.45, 7) is 1.44. The Morgan fingerprint density at radius 2 is 1.43 bits per heavy atom. The highest BCUT2D eigenvalue weighted by Crippen LogP contribution is 2.29. The summed E-state index contributed by atoms with van der Waals surface area (Å²) >= 11 is 13.0. The minimum atomic E-state index is -4.29. The van der Waals surface area contributed by atoms with E-state index in [1.54, 1.807) is 36.4 Å². The van der Waals surface area contributed by atoms with Gasteiger partial charge < -0.3 is 10.2 Å². The number of amides is 2. The summed E-state index contributed by atoms with van der Waals surface area (Å²) in [5.41, 5.74) is 1.28. The van der Waals surface area contributed by atoms with E-state index in [0.29, 0.717) is 18.5 Å². The summed E-state index contributed by atoms with van der Waals surface area (Å²) < 4.78 is 42.6. The molecule has 1 atom stereocenters. The molecule has 0 saturated heterocycles. The van der Waals surface area contributed by atoms with E-state index in [2.05, 4.69) is 5.32 Å². The topological polar surface area (TPSA) is 86.8 Å². The van der Waals surface area contributed by atoms with E-state index in [9.17, 15) is 22.4 Å². The normalized spacial score (nSPS) is 11.9. The standard InChI is InChI=1S/C33H32Cl2FN3O4S/c1-2-20-37-33(41)31(21-24-10-5-3-6-11-24)38(22-28-29(34)14-9-15-30(28)35)32(40)23-39(26-18-16-25(36)17-19-26)44(42,43)27-12-7-4-8-13-27/h3-19,31H,2,20-23H2,1H3,(H,37,41)/t31-/m0/s1. The van der Waals surface area contributed by atoms with Crippen LogP contribution in [0.15, 0.2) is 108 Å². The van der Waals surface area contributed by atoms with Gasteiger partial charge in [-0.05, 0) is 60.5 Å². The average Bonchev–Trinajstić information content (AvgIpc) is 3.03. The molecule has 4 aromatic rings. The number of carbonyl (C=O) groups is 2. The lowest BCUT2D eigenvalue weighted by Crippen LogP contribution is -2.53. The van der Waals surface area contributed by atoms with Crippen molar-refractivity contribution in [3.8, 4) is 0 Å². The number of benzene rings is 4. The number of carbonyl (C=O) groups excluding carboxylic acids is 2. The van der Waals surface area contributed by atoms with Gasteiger partial charge in [-0.15, -0.1) is 0 Å². The van der Waals surface area contributed by atoms with Crippen LogP contribution in [0.25, 0.3) is 0 Å². The molecule has 44 heavy (non-hydrogen) atoms. The molecule has 0 fully saturated rings. The molecule has 2 amide bonds. The largest absolute Gasteiger partial charge is 0.354 e. The predicted octanol–water partition coefficient (Wildman–Crippen LogP) is 6.49. The molecule has 0 radical (unpaired) electrons. The van der Waals surface area contributed by atoms with Crippen LogP contribution in [-0.2, 0) is 32.6 Å². The Hall–Kier alpha value is -3.92. The van der Waals surface area contributed by atoms with Crippen molar-refractivity contribution in [2.45, 2.75) is 37.2 Å². The molecule has 4 aromatic carbocycles. The maximum atomic E-state index is 14.4. The Bertz CT molecular complexity index is 1650. The third-order valence-electron chi connectivity index (χ3n) is 6.94. The lowest BCUT2D eigenvalue weighted by Gasteiger charge is -2.34. The minimum Gasteiger partial charge on any atom is -0.354 e. The van der Waals surface area contributed by atoms with Gasteiger partial charge in [0.15, 0.2) is 0 Å². The minimum absolute atomic E-state index is 0.0562. The third kappa shape index (κ3) is 8.16. The van der Waals surface area contributed by atoms with Crippen LogP contribution in [0.3, 0.4) is 0 Å². The lowest BCUT2D eigenvalue weighted by molar-refractivity contribution is -0.140. The molecule has 230 valence electrons. The quantitative estimate of drug-likeness (QED) is 0.178. The zero-order valence-electron chi connectivity index (χ0n) is 24.0. The van der Waals surface area contributed by atoms with E-state index in [1.165, 1.54) is 29.2 Å². The van der Waals surface area contributed by atoms with E-state index < -0.39 is 40.2 Å². The van der Waals surface area contributed by atoms with Crippen molar-refractivity contribution in [3.05, 3.63) is 130 Å². The van der Waals surface area contributed by atoms with Gasteiger partial charge in [0.25, 0.3) is 10.0 Å². The van der Waals surface area contributed by atoms with Gasteiger partial charge in [-0.25, -0.2) is 12.8 Å². The highest BCUT2D eigenvalue weighted by Gasteiger charge is 2.35. The summed E-state index contributed by atoms with van der Waals surface area (Å²) in [6.07, 6.45) is 0.813. The van der Waals surface area contributed by atoms with Crippen LogP contribution >= 0.6 is 23.2 Å². The monoisotopic (exact) mass is 655 g/mol. The Morgan fingerprint density at radius 1 is 0.841 bits per heavy atom. The molecule has 11 heteroatoms. The number of rotatable bonds is 13. The molecule has 0 aliphatic heterocycles. The van der Waals surface area contributed by atoms with Crippen LogP contribution in [0.4, 0.5) is 10.1 Å². The van der Waals surface area contributed by atoms with Gasteiger partial charge in [-0.2, -0.15) is 0 Å². The summed E-state index contributed by atoms with van der Waals surface area (Å²) in [5, 5.41) is 3.45. The first kappa shape index (κ1) is 33.0. The second-order valence-electron chi connectivity index (χ2n) is 10.0. The van der Waals surface area contributed by atoms with Crippen LogP contribution in [0.1, 0.15) is 24.5 Å². The van der Waals surface area contributed by atoms with Crippen LogP contribution < -0.4 is 9.62 Å². The van der Waals surface area contributed by atoms with Crippen molar-refractivity contribution in [2.75, 3.05) is 17.4 Å². The molecule has 0 aromatic heterocycles. The lowest BCUT2D eigenvalue weighted by atomic mass is 10.0. The number of sulfonamides is 1. The van der Waals surface area contributed by atoms with Crippen LogP contribution in [0.5, 0.6) is 0 Å². The number of nitrogens with zero attached hydrogens (tertiary/aromatic N) is 2. The number of halogens is 3. The van der Waals surface area contributed by atoms with E-state index >= 15 is 0 Å². The van der Waals surface area contributed by atoms with Crippen molar-refractivity contribution >= 4 is 50.7 Å². The first-order valence-electron chi connectivity index (χ1n) is 14.0. The zero-order valence-corrected chi connectivity index (χ0v) is 26.3. The first-order valence-corrected chi connectivity index (χ1v) is 16.2. The van der Waals surface area contributed by atoms with E-state index in [0.717, 1.165) is 22.0 Å². The third-order valence-corrected chi connectivity index (χ3v) is 9.43. The summed E-state index contributed by atoms with van der Waals surface area (Å²) in [4.78, 5) is 29.3. The van der Waals surface area contributed by atoms with Crippen molar-refractivity contribution < 1.29 is 22.4 Å². The molecular weight excluding hydrogens is 624 g/mol. The average molecular weight is 657 g/mol. The van der Waals surface area contributed by atoms with Crippen LogP contribution in [0.2, 0.25) is 10.0 Å². The van der Waals surface area contributed by atoms with Crippen molar-refractivity contribution in [2.24, 2.45) is 0 Å². The molecule has 0 unspecified atom stereocenters. The SMILES string of the molecule is CCCNC(=O)[C@H](Cc1ccccc1)N(Cc1c(Cl)cccc1Cl)C(=O)CN(c1ccc(F)cc1)S(=O)(=O)c1ccccc1. The van der Waals surface area contributed by atoms with Gasteiger partial charge >= 0.3 is 0 Å². The molecule has 4 rings (SSSR count). The number of hydrogen-bond donors (Lipinski definition) is 1. The smallest absolute Gasteiger partial charge is 0.264 e. The molecule has 0 aliphatic carbocycles. The Kier molecular flexibility index (Phi) is 11.4. The van der Waals surface area contributed by atoms with E-state index in [1.807, 2.05) is 37.3 Å². The molecule has 0 spiro atoms. The number of anilines is 1. The molecular formula is C33H32Cl2FN3O4S.